The summed E-state index contributed by atoms with van der Waals surface area (Å²) in [5, 5.41) is -1.13. The molecule has 2 saturated heterocycles. The van der Waals surface area contributed by atoms with E-state index in [1.54, 1.807) is 24.3 Å². The Kier molecular flexibility index (Phi) is 6.60. The normalized spacial score (nSPS) is 24.9. The second-order valence-corrected chi connectivity index (χ2v) is 14.2. The number of benzene rings is 1. The van der Waals surface area contributed by atoms with Gasteiger partial charge >= 0.3 is 15.2 Å². The van der Waals surface area contributed by atoms with E-state index in [1.807, 2.05) is 33.8 Å². The average molecular weight is 444 g/mol. The Bertz CT molecular complexity index is 764. The van der Waals surface area contributed by atoms with Crippen LogP contribution in [0, 0.1) is 10.8 Å². The molecule has 3 rings (SSSR count). The van der Waals surface area contributed by atoms with Gasteiger partial charge in [0.2, 0.25) is 0 Å². The van der Waals surface area contributed by atoms with Gasteiger partial charge in [-0.25, -0.2) is 0 Å². The van der Waals surface area contributed by atoms with Crippen molar-refractivity contribution in [3.63, 3.8) is 0 Å². The summed E-state index contributed by atoms with van der Waals surface area (Å²) in [6.45, 7) is 8.56. The van der Waals surface area contributed by atoms with Crippen molar-refractivity contribution in [1.29, 1.82) is 0 Å². The predicted molar refractivity (Wildman–Crippen MR) is 110 cm³/mol. The number of rotatable bonds is 6. The maximum absolute atomic E-state index is 13.5. The van der Waals surface area contributed by atoms with E-state index in [2.05, 4.69) is 0 Å². The van der Waals surface area contributed by atoms with Crippen LogP contribution in [0.15, 0.2) is 30.3 Å². The van der Waals surface area contributed by atoms with E-state index < -0.39 is 20.6 Å². The first-order valence-electron chi connectivity index (χ1n) is 9.81. The lowest BCUT2D eigenvalue weighted by molar-refractivity contribution is 0.0271. The summed E-state index contributed by atoms with van der Waals surface area (Å²) in [5.41, 5.74) is -0.0624. The molecule has 0 aliphatic carbocycles. The molecule has 0 atom stereocenters. The molecule has 2 aliphatic rings. The monoisotopic (exact) mass is 444 g/mol. The van der Waals surface area contributed by atoms with Crippen LogP contribution in [-0.2, 0) is 27.2 Å². The van der Waals surface area contributed by atoms with Crippen molar-refractivity contribution in [3.05, 3.63) is 35.9 Å². The van der Waals surface area contributed by atoms with E-state index in [-0.39, 0.29) is 55.9 Å². The first-order valence-corrected chi connectivity index (χ1v) is 13.0. The van der Waals surface area contributed by atoms with Crippen molar-refractivity contribution in [2.24, 2.45) is 10.8 Å². The summed E-state index contributed by atoms with van der Waals surface area (Å²) in [5.74, 6) is -0.136. The van der Waals surface area contributed by atoms with E-state index in [0.717, 1.165) is 0 Å². The van der Waals surface area contributed by atoms with Crippen LogP contribution in [0.25, 0.3) is 0 Å². The molecule has 2 aliphatic heterocycles. The predicted octanol–water partition coefficient (Wildman–Crippen LogP) is 5.51. The quantitative estimate of drug-likeness (QED) is 0.422. The highest BCUT2D eigenvalue weighted by Crippen LogP contribution is 2.74. The number of carbonyl (C=O) groups is 1. The fraction of sp³-hybridized carbons (Fsp3) is 0.650. The molecule has 1 aromatic carbocycles. The smallest absolute Gasteiger partial charge is 0.307 e. The average Bonchev–Trinajstić information content (AvgIpc) is 2.68. The van der Waals surface area contributed by atoms with Gasteiger partial charge in [0.1, 0.15) is 0 Å². The van der Waals surface area contributed by atoms with Gasteiger partial charge < -0.3 is 18.1 Å². The highest BCUT2D eigenvalue weighted by atomic mass is 31.2. The van der Waals surface area contributed by atoms with Crippen LogP contribution >= 0.6 is 15.2 Å². The summed E-state index contributed by atoms with van der Waals surface area (Å²) in [6, 6.07) is 8.81. The Balaban J connectivity index is 1.81. The minimum Gasteiger partial charge on any atom is -0.307 e. The first kappa shape index (κ1) is 22.9. The molecule has 9 heteroatoms. The third-order valence-electron chi connectivity index (χ3n) is 5.00. The zero-order chi connectivity index (χ0) is 21.3. The maximum atomic E-state index is 13.5. The molecule has 0 amide bonds. The van der Waals surface area contributed by atoms with Crippen LogP contribution in [0.1, 0.15) is 50.9 Å². The Hall–Kier alpha value is -0.810. The van der Waals surface area contributed by atoms with Gasteiger partial charge in [-0.1, -0.05) is 58.0 Å². The SMILES string of the molecule is CC1(C)COP(=O)(C(CCC(=O)c2ccccc2)P2(=O)OCC(C)(C)CO2)OC1. The zero-order valence-corrected chi connectivity index (χ0v) is 19.2. The number of hydrogen-bond acceptors (Lipinski definition) is 7. The lowest BCUT2D eigenvalue weighted by atomic mass is 9.97. The molecule has 0 bridgehead atoms. The molecular weight excluding hydrogens is 414 g/mol. The third-order valence-corrected chi connectivity index (χ3v) is 10.6. The van der Waals surface area contributed by atoms with E-state index in [4.69, 9.17) is 18.1 Å². The summed E-state index contributed by atoms with van der Waals surface area (Å²) in [7, 11) is -7.58. The summed E-state index contributed by atoms with van der Waals surface area (Å²) >= 11 is 0. The Labute approximate surface area is 172 Å². The van der Waals surface area contributed by atoms with Crippen molar-refractivity contribution in [2.75, 3.05) is 26.4 Å². The third kappa shape index (κ3) is 5.46. The first-order chi connectivity index (χ1) is 13.4. The van der Waals surface area contributed by atoms with Gasteiger partial charge in [0.15, 0.2) is 11.2 Å². The molecule has 162 valence electrons. The largest absolute Gasteiger partial charge is 0.345 e. The standard InChI is InChI=1S/C20H30O7P2/c1-19(2)12-24-28(22,25-13-19)18(29(23)26-14-20(3,4)15-27-29)11-10-17(21)16-8-6-5-7-9-16/h5-9,18H,10-15H2,1-4H3. The van der Waals surface area contributed by atoms with Crippen LogP contribution in [0.2, 0.25) is 0 Å². The topological polar surface area (TPSA) is 88.1 Å². The second kappa shape index (κ2) is 8.37. The van der Waals surface area contributed by atoms with Crippen LogP contribution in [-0.4, -0.2) is 37.6 Å². The Morgan fingerprint density at radius 2 is 1.28 bits per heavy atom. The van der Waals surface area contributed by atoms with Gasteiger partial charge in [-0.05, 0) is 6.42 Å². The van der Waals surface area contributed by atoms with E-state index in [9.17, 15) is 13.9 Å². The lowest BCUT2D eigenvalue weighted by Gasteiger charge is -2.42. The molecule has 0 radical (unpaired) electrons. The maximum Gasteiger partial charge on any atom is 0.345 e. The highest BCUT2D eigenvalue weighted by molar-refractivity contribution is 7.72. The van der Waals surface area contributed by atoms with Gasteiger partial charge in [-0.2, -0.15) is 0 Å². The minimum absolute atomic E-state index is 0.0309. The molecule has 2 fully saturated rings. The lowest BCUT2D eigenvalue weighted by Crippen LogP contribution is -2.35. The molecule has 7 nitrogen and oxygen atoms in total. The number of hydrogen-bond donors (Lipinski definition) is 0. The zero-order valence-electron chi connectivity index (χ0n) is 17.5. The van der Waals surface area contributed by atoms with Gasteiger partial charge in [-0.15, -0.1) is 0 Å². The number of ketones is 1. The van der Waals surface area contributed by atoms with Gasteiger partial charge in [0.25, 0.3) is 0 Å². The van der Waals surface area contributed by atoms with E-state index in [0.29, 0.717) is 5.56 Å². The molecule has 0 saturated carbocycles. The minimum atomic E-state index is -3.79. The number of Topliss-reactive ketones (excluding diaryl/α,β-unsaturated/α-hetero) is 1. The van der Waals surface area contributed by atoms with Crippen molar-refractivity contribution in [1.82, 2.24) is 0 Å². The molecule has 0 aromatic heterocycles. The molecule has 0 unspecified atom stereocenters. The van der Waals surface area contributed by atoms with Crippen LogP contribution < -0.4 is 0 Å². The Morgan fingerprint density at radius 3 is 1.69 bits per heavy atom. The Morgan fingerprint density at radius 1 is 0.862 bits per heavy atom. The summed E-state index contributed by atoms with van der Waals surface area (Å²) < 4.78 is 49.7. The van der Waals surface area contributed by atoms with Gasteiger partial charge in [0, 0.05) is 22.8 Å². The molecule has 1 aromatic rings. The van der Waals surface area contributed by atoms with Crippen LogP contribution in [0.3, 0.4) is 0 Å². The second-order valence-electron chi connectivity index (χ2n) is 9.31. The molecule has 0 N–H and O–H groups in total. The van der Waals surface area contributed by atoms with E-state index >= 15 is 0 Å². The van der Waals surface area contributed by atoms with Crippen LogP contribution in [0.5, 0.6) is 0 Å². The molecule has 2 heterocycles. The number of carbonyl (C=O) groups excluding carboxylic acids is 1. The van der Waals surface area contributed by atoms with Crippen molar-refractivity contribution < 1.29 is 32.0 Å². The van der Waals surface area contributed by atoms with Crippen molar-refractivity contribution in [2.45, 2.75) is 45.9 Å². The summed E-state index contributed by atoms with van der Waals surface area (Å²) in [4.78, 5) is 12.6. The molecular formula is C20H30O7P2. The van der Waals surface area contributed by atoms with Crippen molar-refractivity contribution >= 4 is 21.0 Å². The molecule has 0 spiro atoms. The van der Waals surface area contributed by atoms with Gasteiger partial charge in [-0.3, -0.25) is 13.9 Å². The van der Waals surface area contributed by atoms with Crippen LogP contribution in [0.4, 0.5) is 0 Å². The fourth-order valence-corrected chi connectivity index (χ4v) is 9.11. The fourth-order valence-electron chi connectivity index (χ4n) is 3.08. The highest BCUT2D eigenvalue weighted by Gasteiger charge is 2.55. The summed E-state index contributed by atoms with van der Waals surface area (Å²) in [6.07, 6.45) is 0.0675. The van der Waals surface area contributed by atoms with Gasteiger partial charge in [0.05, 0.1) is 26.4 Å². The van der Waals surface area contributed by atoms with Crippen molar-refractivity contribution in [3.8, 4) is 0 Å². The van der Waals surface area contributed by atoms with E-state index in [1.165, 1.54) is 0 Å². The molecule has 29 heavy (non-hydrogen) atoms.